The van der Waals surface area contributed by atoms with E-state index in [4.69, 9.17) is 0 Å². The number of alkyl halides is 3. The minimum Gasteiger partial charge on any atom is -0.245 e. The van der Waals surface area contributed by atoms with Crippen LogP contribution >= 0.6 is 0 Å². The first-order valence-electron chi connectivity index (χ1n) is 9.06. The predicted molar refractivity (Wildman–Crippen MR) is 108 cm³/mol. The Labute approximate surface area is 175 Å². The molecule has 0 aliphatic rings. The molecule has 31 heavy (non-hydrogen) atoms. The molecule has 0 saturated heterocycles. The van der Waals surface area contributed by atoms with Crippen LogP contribution in [0.25, 0.3) is 22.2 Å². The molecule has 0 atom stereocenters. The predicted octanol–water partition coefficient (Wildman–Crippen LogP) is 4.39. The van der Waals surface area contributed by atoms with E-state index in [9.17, 15) is 21.6 Å². The monoisotopic (exact) mass is 444 g/mol. The molecule has 0 aliphatic carbocycles. The van der Waals surface area contributed by atoms with Gasteiger partial charge in [-0.1, -0.05) is 6.07 Å². The van der Waals surface area contributed by atoms with Gasteiger partial charge < -0.3 is 0 Å². The van der Waals surface area contributed by atoms with Crippen LogP contribution in [0.5, 0.6) is 0 Å². The second kappa shape index (κ2) is 7.69. The van der Waals surface area contributed by atoms with Gasteiger partial charge in [-0.25, -0.2) is 28.4 Å². The standard InChI is InChI=1S/C21H15F3N4O2S/c1-13-8-14(21(22,23)24)2-4-17(13)20-18-5-3-16(9-19(18)27-12-28-20)31(29,30)10-15-6-7-25-11-26-15/h2-9,11-12H,10H2,1H3. The third-order valence-electron chi connectivity index (χ3n) is 4.76. The largest absolute Gasteiger partial charge is 0.416 e. The lowest BCUT2D eigenvalue weighted by molar-refractivity contribution is -0.137. The van der Waals surface area contributed by atoms with Gasteiger partial charge in [-0.3, -0.25) is 0 Å². The van der Waals surface area contributed by atoms with E-state index in [2.05, 4.69) is 19.9 Å². The summed E-state index contributed by atoms with van der Waals surface area (Å²) in [5.41, 5.74) is 1.32. The molecule has 4 aromatic rings. The highest BCUT2D eigenvalue weighted by Gasteiger charge is 2.30. The molecule has 2 heterocycles. The number of hydrogen-bond acceptors (Lipinski definition) is 6. The molecule has 0 saturated carbocycles. The normalized spacial score (nSPS) is 12.3. The number of aryl methyl sites for hydroxylation is 1. The summed E-state index contributed by atoms with van der Waals surface area (Å²) in [4.78, 5) is 16.2. The van der Waals surface area contributed by atoms with Gasteiger partial charge in [0.1, 0.15) is 12.7 Å². The molecule has 158 valence electrons. The van der Waals surface area contributed by atoms with Gasteiger partial charge in [-0.2, -0.15) is 13.2 Å². The van der Waals surface area contributed by atoms with Crippen molar-refractivity contribution in [2.24, 2.45) is 0 Å². The first-order chi connectivity index (χ1) is 14.6. The number of aromatic nitrogens is 4. The van der Waals surface area contributed by atoms with Crippen LogP contribution in [0.3, 0.4) is 0 Å². The molecule has 0 unspecified atom stereocenters. The fourth-order valence-corrected chi connectivity index (χ4v) is 4.53. The SMILES string of the molecule is Cc1cc(C(F)(F)F)ccc1-c1ncnc2cc(S(=O)(=O)Cc3ccncn3)ccc12. The summed E-state index contributed by atoms with van der Waals surface area (Å²) in [7, 11) is -3.69. The Kier molecular flexibility index (Phi) is 5.18. The molecule has 2 aromatic heterocycles. The van der Waals surface area contributed by atoms with Crippen LogP contribution in [-0.4, -0.2) is 28.4 Å². The molecule has 2 aromatic carbocycles. The van der Waals surface area contributed by atoms with Crippen molar-refractivity contribution >= 4 is 20.7 Å². The fraction of sp³-hybridized carbons (Fsp3) is 0.143. The van der Waals surface area contributed by atoms with E-state index < -0.39 is 21.6 Å². The van der Waals surface area contributed by atoms with E-state index in [0.29, 0.717) is 33.4 Å². The highest BCUT2D eigenvalue weighted by molar-refractivity contribution is 7.90. The third-order valence-corrected chi connectivity index (χ3v) is 6.41. The van der Waals surface area contributed by atoms with Crippen LogP contribution in [0.4, 0.5) is 13.2 Å². The quantitative estimate of drug-likeness (QED) is 0.464. The minimum atomic E-state index is -4.44. The summed E-state index contributed by atoms with van der Waals surface area (Å²) in [5, 5.41) is 0.534. The van der Waals surface area contributed by atoms with Crippen LogP contribution in [0.1, 0.15) is 16.8 Å². The fourth-order valence-electron chi connectivity index (χ4n) is 3.23. The lowest BCUT2D eigenvalue weighted by Gasteiger charge is -2.12. The number of rotatable bonds is 4. The van der Waals surface area contributed by atoms with E-state index in [1.807, 2.05) is 0 Å². The van der Waals surface area contributed by atoms with Gasteiger partial charge >= 0.3 is 6.18 Å². The zero-order valence-corrected chi connectivity index (χ0v) is 16.9. The first-order valence-corrected chi connectivity index (χ1v) is 10.7. The highest BCUT2D eigenvalue weighted by Crippen LogP contribution is 2.34. The van der Waals surface area contributed by atoms with E-state index in [1.165, 1.54) is 43.1 Å². The lowest BCUT2D eigenvalue weighted by Crippen LogP contribution is -2.07. The second-order valence-corrected chi connectivity index (χ2v) is 8.88. The summed E-state index contributed by atoms with van der Waals surface area (Å²) in [6, 6.07) is 9.36. The Morgan fingerprint density at radius 2 is 1.74 bits per heavy atom. The van der Waals surface area contributed by atoms with Crippen LogP contribution in [-0.2, 0) is 21.8 Å². The highest BCUT2D eigenvalue weighted by atomic mass is 32.2. The van der Waals surface area contributed by atoms with Crippen molar-refractivity contribution in [3.05, 3.63) is 78.1 Å². The maximum atomic E-state index is 13.0. The van der Waals surface area contributed by atoms with Gasteiger partial charge in [-0.15, -0.1) is 0 Å². The first kappa shape index (κ1) is 20.9. The molecule has 0 fully saturated rings. The molecule has 10 heteroatoms. The van der Waals surface area contributed by atoms with Crippen molar-refractivity contribution in [3.8, 4) is 11.3 Å². The zero-order chi connectivity index (χ0) is 22.2. The zero-order valence-electron chi connectivity index (χ0n) is 16.1. The Hall–Kier alpha value is -3.40. The van der Waals surface area contributed by atoms with Crippen molar-refractivity contribution in [3.63, 3.8) is 0 Å². The Morgan fingerprint density at radius 3 is 2.42 bits per heavy atom. The van der Waals surface area contributed by atoms with Crippen LogP contribution in [0.15, 0.2) is 66.2 Å². The van der Waals surface area contributed by atoms with E-state index in [0.717, 1.165) is 12.1 Å². The minimum absolute atomic E-state index is 0.0624. The summed E-state index contributed by atoms with van der Waals surface area (Å²) in [6.07, 6.45) is -0.444. The molecular formula is C21H15F3N4O2S. The number of nitrogens with zero attached hydrogens (tertiary/aromatic N) is 4. The van der Waals surface area contributed by atoms with Gasteiger partial charge in [0.2, 0.25) is 0 Å². The number of sulfone groups is 1. The molecule has 0 N–H and O–H groups in total. The lowest BCUT2D eigenvalue weighted by atomic mass is 9.99. The number of halogens is 3. The Bertz CT molecular complexity index is 1370. The Morgan fingerprint density at radius 1 is 0.935 bits per heavy atom. The summed E-state index contributed by atoms with van der Waals surface area (Å²) in [6.45, 7) is 1.57. The molecule has 0 amide bonds. The van der Waals surface area contributed by atoms with Gasteiger partial charge in [0, 0.05) is 17.1 Å². The Balaban J connectivity index is 1.76. The van der Waals surface area contributed by atoms with Crippen molar-refractivity contribution in [1.82, 2.24) is 19.9 Å². The van der Waals surface area contributed by atoms with Crippen molar-refractivity contribution in [2.45, 2.75) is 23.7 Å². The van der Waals surface area contributed by atoms with Gasteiger partial charge in [0.15, 0.2) is 9.84 Å². The number of fused-ring (bicyclic) bond motifs is 1. The molecule has 4 rings (SSSR count). The van der Waals surface area contributed by atoms with E-state index in [1.54, 1.807) is 13.0 Å². The summed E-state index contributed by atoms with van der Waals surface area (Å²) >= 11 is 0. The van der Waals surface area contributed by atoms with Gasteiger partial charge in [0.05, 0.1) is 33.1 Å². The number of benzene rings is 2. The average molecular weight is 444 g/mol. The van der Waals surface area contributed by atoms with Crippen LogP contribution in [0, 0.1) is 6.92 Å². The van der Waals surface area contributed by atoms with E-state index >= 15 is 0 Å². The summed E-state index contributed by atoms with van der Waals surface area (Å²) < 4.78 is 64.5. The molecule has 6 nitrogen and oxygen atoms in total. The van der Waals surface area contributed by atoms with Crippen molar-refractivity contribution < 1.29 is 21.6 Å². The molecule has 0 spiro atoms. The number of hydrogen-bond donors (Lipinski definition) is 0. The molecule has 0 aliphatic heterocycles. The topological polar surface area (TPSA) is 85.7 Å². The maximum absolute atomic E-state index is 13.0. The van der Waals surface area contributed by atoms with Crippen LogP contribution in [0.2, 0.25) is 0 Å². The van der Waals surface area contributed by atoms with Gasteiger partial charge in [0.25, 0.3) is 0 Å². The smallest absolute Gasteiger partial charge is 0.245 e. The second-order valence-electron chi connectivity index (χ2n) is 6.89. The third kappa shape index (κ3) is 4.24. The van der Waals surface area contributed by atoms with Crippen molar-refractivity contribution in [1.29, 1.82) is 0 Å². The summed E-state index contributed by atoms with van der Waals surface area (Å²) in [5.74, 6) is -0.295. The van der Waals surface area contributed by atoms with E-state index in [-0.39, 0.29) is 10.6 Å². The van der Waals surface area contributed by atoms with Crippen molar-refractivity contribution in [2.75, 3.05) is 0 Å². The average Bonchev–Trinajstić information content (AvgIpc) is 2.73. The molecule has 0 bridgehead atoms. The molecular weight excluding hydrogens is 429 g/mol. The van der Waals surface area contributed by atoms with Crippen LogP contribution < -0.4 is 0 Å². The molecule has 0 radical (unpaired) electrons. The maximum Gasteiger partial charge on any atom is 0.416 e. The van der Waals surface area contributed by atoms with Gasteiger partial charge in [-0.05, 0) is 48.9 Å².